The molecule has 1 N–H and O–H groups in total. The fraction of sp³-hybridized carbons (Fsp3) is 0.241. The molecule has 184 valence electrons. The maximum atomic E-state index is 11.8. The van der Waals surface area contributed by atoms with Gasteiger partial charge < -0.3 is 9.88 Å². The Bertz CT molecular complexity index is 1260. The van der Waals surface area contributed by atoms with Crippen LogP contribution in [0.3, 0.4) is 0 Å². The summed E-state index contributed by atoms with van der Waals surface area (Å²) in [6.45, 7) is 3.53. The van der Waals surface area contributed by atoms with Gasteiger partial charge in [0.1, 0.15) is 5.82 Å². The molecule has 0 aliphatic carbocycles. The molecule has 0 atom stereocenters. The highest BCUT2D eigenvalue weighted by molar-refractivity contribution is 5.80. The summed E-state index contributed by atoms with van der Waals surface area (Å²) in [6.07, 6.45) is 8.20. The zero-order valence-corrected chi connectivity index (χ0v) is 20.5. The first kappa shape index (κ1) is 24.9. The largest absolute Gasteiger partial charge is 0.433 e. The number of hydrogen-bond donors (Lipinski definition) is 1. The Morgan fingerprint density at radius 2 is 1.67 bits per heavy atom. The molecule has 0 saturated heterocycles. The third-order valence-corrected chi connectivity index (χ3v) is 5.85. The number of carbonyl (C=O) groups excluding carboxylic acids is 1. The van der Waals surface area contributed by atoms with Crippen LogP contribution in [-0.4, -0.2) is 33.4 Å². The number of rotatable bonds is 11. The van der Waals surface area contributed by atoms with Gasteiger partial charge in [0.25, 0.3) is 0 Å². The number of aromatic nitrogens is 3. The van der Waals surface area contributed by atoms with Crippen LogP contribution in [0.5, 0.6) is 0 Å². The molecular weight excluding hydrogens is 450 g/mol. The van der Waals surface area contributed by atoms with Gasteiger partial charge >= 0.3 is 6.09 Å². The van der Waals surface area contributed by atoms with E-state index in [0.717, 1.165) is 60.6 Å². The van der Waals surface area contributed by atoms with Gasteiger partial charge in [0, 0.05) is 42.2 Å². The van der Waals surface area contributed by atoms with Crippen molar-refractivity contribution in [3.05, 3.63) is 96.6 Å². The molecule has 0 fully saturated rings. The minimum atomic E-state index is -0.551. The number of unbranched alkanes of at least 4 members (excludes halogenated alkanes) is 3. The van der Waals surface area contributed by atoms with Crippen molar-refractivity contribution in [2.45, 2.75) is 39.2 Å². The van der Waals surface area contributed by atoms with E-state index >= 15 is 0 Å². The number of oxime groups is 1. The molecule has 0 unspecified atom stereocenters. The SMILES string of the molecule is Cc1nc(-c2ccccc2)c(-c2ccccc2)n1CCCCCCNC(=O)ON=Cc1cccnc1. The number of imidazole rings is 1. The highest BCUT2D eigenvalue weighted by atomic mass is 16.7. The smallest absolute Gasteiger partial charge is 0.328 e. The van der Waals surface area contributed by atoms with E-state index in [9.17, 15) is 4.79 Å². The van der Waals surface area contributed by atoms with Gasteiger partial charge in [-0.25, -0.2) is 9.78 Å². The second-order valence-electron chi connectivity index (χ2n) is 8.48. The zero-order valence-electron chi connectivity index (χ0n) is 20.5. The number of amides is 1. The summed E-state index contributed by atoms with van der Waals surface area (Å²) in [4.78, 5) is 25.5. The van der Waals surface area contributed by atoms with E-state index in [1.54, 1.807) is 18.5 Å². The van der Waals surface area contributed by atoms with Gasteiger partial charge in [0.15, 0.2) is 0 Å². The Balaban J connectivity index is 1.25. The highest BCUT2D eigenvalue weighted by Gasteiger charge is 2.17. The monoisotopic (exact) mass is 481 g/mol. The fourth-order valence-corrected chi connectivity index (χ4v) is 4.08. The van der Waals surface area contributed by atoms with Crippen molar-refractivity contribution in [1.82, 2.24) is 19.9 Å². The van der Waals surface area contributed by atoms with Crippen LogP contribution in [0.1, 0.15) is 37.1 Å². The fourth-order valence-electron chi connectivity index (χ4n) is 4.08. The molecule has 1 amide bonds. The summed E-state index contributed by atoms with van der Waals surface area (Å²) in [5, 5.41) is 6.42. The molecule has 0 radical (unpaired) electrons. The van der Waals surface area contributed by atoms with Crippen LogP contribution >= 0.6 is 0 Å². The Hall–Kier alpha value is -4.26. The number of hydrogen-bond acceptors (Lipinski definition) is 5. The molecule has 7 heteroatoms. The molecule has 0 aliphatic heterocycles. The van der Waals surface area contributed by atoms with Gasteiger partial charge in [0.05, 0.1) is 17.6 Å². The number of benzene rings is 2. The summed E-state index contributed by atoms with van der Waals surface area (Å²) in [5.74, 6) is 1.02. The standard InChI is InChI=1S/C29H31N5O2/c1-23-33-27(25-14-6-4-7-15-25)28(26-16-8-5-9-17-26)34(23)20-11-3-2-10-19-31-29(35)36-32-22-24-13-12-18-30-21-24/h4-9,12-18,21-22H,2-3,10-11,19-20H2,1H3,(H,31,35). The molecule has 0 spiro atoms. The zero-order chi connectivity index (χ0) is 25.0. The number of nitrogens with zero attached hydrogens (tertiary/aromatic N) is 4. The second-order valence-corrected chi connectivity index (χ2v) is 8.48. The van der Waals surface area contributed by atoms with Gasteiger partial charge in [-0.1, -0.05) is 84.7 Å². The lowest BCUT2D eigenvalue weighted by atomic mass is 10.0. The van der Waals surface area contributed by atoms with Crippen LogP contribution < -0.4 is 5.32 Å². The first-order chi connectivity index (χ1) is 17.7. The average Bonchev–Trinajstić information content (AvgIpc) is 3.25. The van der Waals surface area contributed by atoms with Gasteiger partial charge in [-0.2, -0.15) is 0 Å². The van der Waals surface area contributed by atoms with E-state index in [1.165, 1.54) is 11.8 Å². The number of nitrogens with one attached hydrogen (secondary N) is 1. The summed E-state index contributed by atoms with van der Waals surface area (Å²) in [6, 6.07) is 24.4. The maximum Gasteiger partial charge on any atom is 0.433 e. The second kappa shape index (κ2) is 13.0. The summed E-state index contributed by atoms with van der Waals surface area (Å²) in [7, 11) is 0. The summed E-state index contributed by atoms with van der Waals surface area (Å²) in [5.41, 5.74) is 5.25. The van der Waals surface area contributed by atoms with Gasteiger partial charge in [0.2, 0.25) is 0 Å². The van der Waals surface area contributed by atoms with Crippen molar-refractivity contribution in [3.63, 3.8) is 0 Å². The Morgan fingerprint density at radius 3 is 2.39 bits per heavy atom. The Morgan fingerprint density at radius 1 is 0.944 bits per heavy atom. The average molecular weight is 482 g/mol. The van der Waals surface area contributed by atoms with E-state index in [-0.39, 0.29) is 0 Å². The van der Waals surface area contributed by atoms with Crippen molar-refractivity contribution in [2.75, 3.05) is 6.54 Å². The van der Waals surface area contributed by atoms with Crippen molar-refractivity contribution in [2.24, 2.45) is 5.16 Å². The lowest BCUT2D eigenvalue weighted by Crippen LogP contribution is -2.23. The molecule has 2 heterocycles. The summed E-state index contributed by atoms with van der Waals surface area (Å²) < 4.78 is 2.33. The van der Waals surface area contributed by atoms with Crippen LogP contribution in [0.15, 0.2) is 90.3 Å². The Labute approximate surface area is 211 Å². The van der Waals surface area contributed by atoms with Crippen LogP contribution in [0.25, 0.3) is 22.5 Å². The van der Waals surface area contributed by atoms with Crippen molar-refractivity contribution in [3.8, 4) is 22.5 Å². The molecule has 0 aliphatic rings. The van der Waals surface area contributed by atoms with E-state index < -0.39 is 6.09 Å². The van der Waals surface area contributed by atoms with Gasteiger partial charge in [-0.3, -0.25) is 9.82 Å². The third kappa shape index (κ3) is 6.88. The highest BCUT2D eigenvalue weighted by Crippen LogP contribution is 2.33. The van der Waals surface area contributed by atoms with Crippen LogP contribution in [0, 0.1) is 6.92 Å². The third-order valence-electron chi connectivity index (χ3n) is 5.85. The van der Waals surface area contributed by atoms with Crippen molar-refractivity contribution < 1.29 is 9.63 Å². The topological polar surface area (TPSA) is 81.4 Å². The molecule has 36 heavy (non-hydrogen) atoms. The summed E-state index contributed by atoms with van der Waals surface area (Å²) >= 11 is 0. The molecule has 0 saturated carbocycles. The number of pyridine rings is 1. The Kier molecular flexibility index (Phi) is 8.97. The first-order valence-electron chi connectivity index (χ1n) is 12.3. The van der Waals surface area contributed by atoms with E-state index in [1.807, 2.05) is 18.2 Å². The van der Waals surface area contributed by atoms with E-state index in [2.05, 4.69) is 75.5 Å². The molecular formula is C29H31N5O2. The predicted octanol–water partition coefficient (Wildman–Crippen LogP) is 6.24. The number of carbonyl (C=O) groups is 1. The molecule has 4 aromatic rings. The quantitative estimate of drug-likeness (QED) is 0.119. The lowest BCUT2D eigenvalue weighted by Gasteiger charge is -2.12. The van der Waals surface area contributed by atoms with Crippen molar-refractivity contribution >= 4 is 12.3 Å². The molecule has 2 aromatic carbocycles. The first-order valence-corrected chi connectivity index (χ1v) is 12.3. The molecule has 7 nitrogen and oxygen atoms in total. The van der Waals surface area contributed by atoms with Crippen LogP contribution in [0.2, 0.25) is 0 Å². The van der Waals surface area contributed by atoms with Crippen LogP contribution in [0.4, 0.5) is 4.79 Å². The molecule has 2 aromatic heterocycles. The normalized spacial score (nSPS) is 11.0. The lowest BCUT2D eigenvalue weighted by molar-refractivity contribution is 0.151. The number of aryl methyl sites for hydroxylation is 1. The molecule has 4 rings (SSSR count). The van der Waals surface area contributed by atoms with E-state index in [4.69, 9.17) is 9.82 Å². The maximum absolute atomic E-state index is 11.8. The van der Waals surface area contributed by atoms with Crippen LogP contribution in [-0.2, 0) is 11.4 Å². The van der Waals surface area contributed by atoms with Crippen molar-refractivity contribution in [1.29, 1.82) is 0 Å². The van der Waals surface area contributed by atoms with Gasteiger partial charge in [-0.05, 0) is 25.8 Å². The van der Waals surface area contributed by atoms with E-state index in [0.29, 0.717) is 6.54 Å². The minimum Gasteiger partial charge on any atom is -0.328 e. The molecule has 0 bridgehead atoms. The van der Waals surface area contributed by atoms with Gasteiger partial charge in [-0.15, -0.1) is 0 Å². The predicted molar refractivity (Wildman–Crippen MR) is 143 cm³/mol. The minimum absolute atomic E-state index is 0.551.